The van der Waals surface area contributed by atoms with Gasteiger partial charge in [-0.1, -0.05) is 261 Å². The second kappa shape index (κ2) is 17.2. The van der Waals surface area contributed by atoms with Crippen LogP contribution >= 0.6 is 0 Å². The Labute approximate surface area is 409 Å². The molecule has 0 spiro atoms. The fourth-order valence-corrected chi connectivity index (χ4v) is 11.4. The second-order valence-corrected chi connectivity index (χ2v) is 18.3. The van der Waals surface area contributed by atoms with Crippen LogP contribution in [0.15, 0.2) is 285 Å². The molecule has 328 valence electrons. The Hall–Kier alpha value is -9.04. The third-order valence-corrected chi connectivity index (χ3v) is 14.6. The highest BCUT2D eigenvalue weighted by Crippen LogP contribution is 2.60. The van der Waals surface area contributed by atoms with E-state index in [1.54, 1.807) is 0 Å². The topological polar surface area (TPSA) is 3.24 Å². The molecule has 0 heterocycles. The van der Waals surface area contributed by atoms with Gasteiger partial charge in [0.05, 0.1) is 16.8 Å². The van der Waals surface area contributed by atoms with Gasteiger partial charge in [0, 0.05) is 16.8 Å². The molecule has 1 aliphatic rings. The Morgan fingerprint density at radius 2 is 0.700 bits per heavy atom. The van der Waals surface area contributed by atoms with Crippen LogP contribution in [0.25, 0.3) is 77.2 Å². The van der Waals surface area contributed by atoms with Crippen molar-refractivity contribution in [3.8, 4) is 55.6 Å². The number of hydrogen-bond acceptors (Lipinski definition) is 1. The van der Waals surface area contributed by atoms with E-state index in [1.165, 1.54) is 82.7 Å². The lowest BCUT2D eigenvalue weighted by atomic mass is 9.68. The predicted molar refractivity (Wildman–Crippen MR) is 295 cm³/mol. The lowest BCUT2D eigenvalue weighted by molar-refractivity contribution is 0.768. The van der Waals surface area contributed by atoms with Crippen molar-refractivity contribution >= 4 is 38.6 Å². The average molecular weight is 890 g/mol. The second-order valence-electron chi connectivity index (χ2n) is 18.3. The van der Waals surface area contributed by atoms with Crippen molar-refractivity contribution in [1.82, 2.24) is 0 Å². The normalized spacial score (nSPS) is 12.4. The molecule has 0 unspecified atom stereocenters. The molecule has 12 aromatic rings. The fraction of sp³-hybridized carbons (Fsp3) is 0.0145. The van der Waals surface area contributed by atoms with E-state index >= 15 is 0 Å². The molecule has 1 nitrogen and oxygen atoms in total. The number of anilines is 3. The van der Waals surface area contributed by atoms with Gasteiger partial charge in [0.25, 0.3) is 0 Å². The molecule has 0 N–H and O–H groups in total. The predicted octanol–water partition coefficient (Wildman–Crippen LogP) is 18.5. The third kappa shape index (κ3) is 6.78. The Morgan fingerprint density at radius 3 is 1.34 bits per heavy atom. The van der Waals surface area contributed by atoms with Crippen molar-refractivity contribution in [3.05, 3.63) is 307 Å². The van der Waals surface area contributed by atoms with Crippen molar-refractivity contribution in [2.45, 2.75) is 5.41 Å². The summed E-state index contributed by atoms with van der Waals surface area (Å²) in [4.78, 5) is 2.55. The van der Waals surface area contributed by atoms with Crippen molar-refractivity contribution < 1.29 is 0 Å². The van der Waals surface area contributed by atoms with E-state index in [1.807, 2.05) is 0 Å². The first-order valence-corrected chi connectivity index (χ1v) is 24.2. The maximum Gasteiger partial charge on any atom is 0.0714 e. The van der Waals surface area contributed by atoms with E-state index in [2.05, 4.69) is 290 Å². The van der Waals surface area contributed by atoms with Crippen LogP contribution in [0.1, 0.15) is 22.3 Å². The quantitative estimate of drug-likeness (QED) is 0.140. The molecule has 0 amide bonds. The van der Waals surface area contributed by atoms with Crippen LogP contribution in [0.2, 0.25) is 0 Å². The summed E-state index contributed by atoms with van der Waals surface area (Å²) in [7, 11) is 0. The van der Waals surface area contributed by atoms with E-state index in [0.717, 1.165) is 33.8 Å². The molecule has 12 aromatic carbocycles. The van der Waals surface area contributed by atoms with E-state index in [9.17, 15) is 0 Å². The maximum atomic E-state index is 2.55. The lowest BCUT2D eigenvalue weighted by Gasteiger charge is -2.35. The molecule has 0 fully saturated rings. The van der Waals surface area contributed by atoms with Gasteiger partial charge in [0.2, 0.25) is 0 Å². The fourth-order valence-electron chi connectivity index (χ4n) is 11.4. The molecular weight excluding hydrogens is 843 g/mol. The van der Waals surface area contributed by atoms with Crippen molar-refractivity contribution in [2.75, 3.05) is 4.90 Å². The largest absolute Gasteiger partial charge is 0.309 e. The zero-order chi connectivity index (χ0) is 46.4. The molecule has 1 heteroatoms. The number of hydrogen-bond donors (Lipinski definition) is 0. The van der Waals surface area contributed by atoms with Gasteiger partial charge < -0.3 is 4.90 Å². The Morgan fingerprint density at radius 1 is 0.257 bits per heavy atom. The standard InChI is InChI=1S/C69H47N/c1-4-19-48(20-5-1)49-37-39-50(40-38-49)51-41-44-57(45-42-51)70(66-36-18-35-65-68(66)63-31-14-15-34-64(63)69(65,55-25-6-2-7-26-55)56-27-8-3-9-28-56)67-47-54(60-32-16-23-52-21-10-12-29-58(52)60)43-46-62(67)61-33-17-24-53-22-11-13-30-59(53)61/h1-47H. The first-order chi connectivity index (χ1) is 34.7. The molecule has 0 radical (unpaired) electrons. The minimum Gasteiger partial charge on any atom is -0.309 e. The van der Waals surface area contributed by atoms with Crippen molar-refractivity contribution in [3.63, 3.8) is 0 Å². The van der Waals surface area contributed by atoms with Crippen molar-refractivity contribution in [1.29, 1.82) is 0 Å². The summed E-state index contributed by atoms with van der Waals surface area (Å²) in [6.07, 6.45) is 0. The van der Waals surface area contributed by atoms with Crippen LogP contribution in [0.5, 0.6) is 0 Å². The van der Waals surface area contributed by atoms with Crippen LogP contribution in [-0.2, 0) is 5.41 Å². The third-order valence-electron chi connectivity index (χ3n) is 14.6. The molecule has 0 aromatic heterocycles. The smallest absolute Gasteiger partial charge is 0.0714 e. The van der Waals surface area contributed by atoms with Crippen LogP contribution in [0.3, 0.4) is 0 Å². The van der Waals surface area contributed by atoms with Gasteiger partial charge in [-0.05, 0) is 113 Å². The molecule has 70 heavy (non-hydrogen) atoms. The Kier molecular flexibility index (Phi) is 10.1. The summed E-state index contributed by atoms with van der Waals surface area (Å²) in [6, 6.07) is 105. The summed E-state index contributed by atoms with van der Waals surface area (Å²) in [6.45, 7) is 0. The van der Waals surface area contributed by atoms with Crippen LogP contribution < -0.4 is 4.90 Å². The summed E-state index contributed by atoms with van der Waals surface area (Å²) < 4.78 is 0. The van der Waals surface area contributed by atoms with Crippen LogP contribution in [-0.4, -0.2) is 0 Å². The molecule has 0 atom stereocenters. The molecule has 0 saturated heterocycles. The van der Waals surface area contributed by atoms with Gasteiger partial charge in [0.1, 0.15) is 0 Å². The monoisotopic (exact) mass is 889 g/mol. The van der Waals surface area contributed by atoms with E-state index in [-0.39, 0.29) is 0 Å². The SMILES string of the molecule is c1ccc(-c2ccc(-c3ccc(N(c4cc(-c5cccc6ccccc56)ccc4-c4cccc5ccccc45)c4cccc5c4-c4ccccc4C5(c4ccccc4)c4ccccc4)cc3)cc2)cc1. The highest BCUT2D eigenvalue weighted by molar-refractivity contribution is 6.06. The Bertz CT molecular complexity index is 3810. The molecule has 1 aliphatic carbocycles. The number of rotatable bonds is 9. The summed E-state index contributed by atoms with van der Waals surface area (Å²) in [5, 5.41) is 4.88. The van der Waals surface area contributed by atoms with E-state index in [0.29, 0.717) is 0 Å². The highest BCUT2D eigenvalue weighted by Gasteiger charge is 2.47. The minimum absolute atomic E-state index is 0.560. The Balaban J connectivity index is 1.10. The average Bonchev–Trinajstić information content (AvgIpc) is 3.75. The van der Waals surface area contributed by atoms with E-state index < -0.39 is 5.41 Å². The first kappa shape index (κ1) is 41.2. The summed E-state index contributed by atoms with van der Waals surface area (Å²) >= 11 is 0. The highest BCUT2D eigenvalue weighted by atomic mass is 15.1. The van der Waals surface area contributed by atoms with E-state index in [4.69, 9.17) is 0 Å². The minimum atomic E-state index is -0.560. The van der Waals surface area contributed by atoms with Crippen LogP contribution in [0, 0.1) is 0 Å². The molecule has 0 aliphatic heterocycles. The summed E-state index contributed by atoms with van der Waals surface area (Å²) in [5.74, 6) is 0. The lowest BCUT2D eigenvalue weighted by Crippen LogP contribution is -2.28. The molecule has 13 rings (SSSR count). The zero-order valence-corrected chi connectivity index (χ0v) is 38.6. The maximum absolute atomic E-state index is 2.55. The molecule has 0 bridgehead atoms. The number of nitrogens with zero attached hydrogens (tertiary/aromatic N) is 1. The van der Waals surface area contributed by atoms with Gasteiger partial charge in [0.15, 0.2) is 0 Å². The van der Waals surface area contributed by atoms with Gasteiger partial charge in [-0.15, -0.1) is 0 Å². The zero-order valence-electron chi connectivity index (χ0n) is 38.6. The van der Waals surface area contributed by atoms with Gasteiger partial charge >= 0.3 is 0 Å². The molecule has 0 saturated carbocycles. The van der Waals surface area contributed by atoms with Gasteiger partial charge in [-0.25, -0.2) is 0 Å². The van der Waals surface area contributed by atoms with Gasteiger partial charge in [-0.3, -0.25) is 0 Å². The van der Waals surface area contributed by atoms with Crippen molar-refractivity contribution in [2.24, 2.45) is 0 Å². The number of fused-ring (bicyclic) bond motifs is 5. The summed E-state index contributed by atoms with van der Waals surface area (Å²) in [5.41, 5.74) is 19.7. The first-order valence-electron chi connectivity index (χ1n) is 24.2. The van der Waals surface area contributed by atoms with Crippen LogP contribution in [0.4, 0.5) is 17.1 Å². The number of benzene rings is 12. The molecular formula is C69H47N. The van der Waals surface area contributed by atoms with Gasteiger partial charge in [-0.2, -0.15) is 0 Å².